The molecular weight excluding hydrogens is 512 g/mol. The zero-order chi connectivity index (χ0) is 28.2. The molecule has 1 fully saturated rings. The highest BCUT2D eigenvalue weighted by molar-refractivity contribution is 6.32. The Kier molecular flexibility index (Phi) is 7.12. The molecule has 0 saturated heterocycles. The van der Waals surface area contributed by atoms with Gasteiger partial charge in [-0.1, -0.05) is 11.6 Å². The third-order valence-electron chi connectivity index (χ3n) is 7.29. The molecule has 0 radical (unpaired) electrons. The van der Waals surface area contributed by atoms with Crippen molar-refractivity contribution in [3.05, 3.63) is 45.2 Å². The maximum atomic E-state index is 13.8. The molecule has 0 bridgehead atoms. The molecule has 37 heavy (non-hydrogen) atoms. The maximum absolute atomic E-state index is 13.8. The van der Waals surface area contributed by atoms with E-state index >= 15 is 0 Å². The Bertz CT molecular complexity index is 1290. The molecule has 0 heterocycles. The number of carbonyl (C=O) groups excluding carboxylic acids is 3. The first-order valence-corrected chi connectivity index (χ1v) is 11.3. The van der Waals surface area contributed by atoms with Crippen molar-refractivity contribution in [2.45, 2.75) is 30.6 Å². The van der Waals surface area contributed by atoms with Gasteiger partial charge < -0.3 is 36.0 Å². The lowest BCUT2D eigenvalue weighted by atomic mass is 9.54. The summed E-state index contributed by atoms with van der Waals surface area (Å²) >= 11 is 6.29. The Hall–Kier alpha value is -3.54. The number of halogens is 1. The van der Waals surface area contributed by atoms with Crippen LogP contribution in [0.15, 0.2) is 29.0 Å². The van der Waals surface area contributed by atoms with Crippen molar-refractivity contribution in [3.8, 4) is 5.75 Å². The first-order valence-electron chi connectivity index (χ1n) is 10.9. The van der Waals surface area contributed by atoms with Gasteiger partial charge in [-0.15, -0.1) is 0 Å². The molecule has 0 spiro atoms. The lowest BCUT2D eigenvalue weighted by Gasteiger charge is -2.53. The summed E-state index contributed by atoms with van der Waals surface area (Å²) in [7, 11) is 2.95. The standard InChI is InChI=1S/C23H25ClN2O9.N2/c1-22(34)8-6-9-16(26(2)3)18(30)14(21(33)25-7-27)20(32)23(9,35)19(31)12(8)17(29)13-11(28)5-4-10(24)15(13)22;1-2/h4-5,8-9,16,27-29,32,34-35H,6-7H2,1-3H3,(H,25,33);/t8?,9-,16-,22-,23-;/m0./s1. The number of phenols is 1. The average molecular weight is 537 g/mol. The molecule has 7 N–H and O–H groups in total. The smallest absolute Gasteiger partial charge is 0.260 e. The summed E-state index contributed by atoms with van der Waals surface area (Å²) in [5.74, 6) is -8.33. The summed E-state index contributed by atoms with van der Waals surface area (Å²) in [5, 5.41) is 78.7. The number of benzene rings is 1. The summed E-state index contributed by atoms with van der Waals surface area (Å²) in [6, 6.07) is 1.19. The normalized spacial score (nSPS) is 30.7. The fraction of sp³-hybridized carbons (Fsp3) is 0.435. The van der Waals surface area contributed by atoms with Crippen LogP contribution in [0.25, 0.3) is 5.76 Å². The Balaban J connectivity index is 0.00000186. The van der Waals surface area contributed by atoms with Crippen LogP contribution in [0.5, 0.6) is 5.75 Å². The minimum absolute atomic E-state index is 0.0104. The fourth-order valence-electron chi connectivity index (χ4n) is 5.72. The first-order chi connectivity index (χ1) is 17.2. The van der Waals surface area contributed by atoms with Crippen molar-refractivity contribution < 1.29 is 45.0 Å². The van der Waals surface area contributed by atoms with Crippen LogP contribution in [0.2, 0.25) is 5.02 Å². The summed E-state index contributed by atoms with van der Waals surface area (Å²) < 4.78 is 0. The van der Waals surface area contributed by atoms with E-state index in [4.69, 9.17) is 27.5 Å². The van der Waals surface area contributed by atoms with Gasteiger partial charge in [0, 0.05) is 38.8 Å². The SMILES string of the molecule is CN(C)[C@@H]1C(=O)C(C(=O)NCO)=C(O)[C@@]2(O)C(=O)C3=C(O)c4c(O)ccc(Cl)c4[C@@](C)(O)C3C[C@@H]12.N#N. The maximum Gasteiger partial charge on any atom is 0.260 e. The molecule has 5 atom stereocenters. The van der Waals surface area contributed by atoms with E-state index < -0.39 is 81.7 Å². The van der Waals surface area contributed by atoms with Crippen molar-refractivity contribution in [2.75, 3.05) is 20.8 Å². The minimum Gasteiger partial charge on any atom is -0.508 e. The van der Waals surface area contributed by atoms with Gasteiger partial charge >= 0.3 is 0 Å². The number of aromatic hydroxyl groups is 1. The van der Waals surface area contributed by atoms with Crippen LogP contribution < -0.4 is 5.32 Å². The first kappa shape index (κ1) is 28.0. The van der Waals surface area contributed by atoms with E-state index in [2.05, 4.69) is 0 Å². The number of ketones is 2. The molecule has 3 aliphatic carbocycles. The molecule has 1 unspecified atom stereocenters. The van der Waals surface area contributed by atoms with Gasteiger partial charge in [-0.25, -0.2) is 0 Å². The molecule has 198 valence electrons. The second-order valence-electron chi connectivity index (χ2n) is 9.38. The third-order valence-corrected chi connectivity index (χ3v) is 7.61. The molecule has 0 aliphatic heterocycles. The van der Waals surface area contributed by atoms with Gasteiger partial charge in [0.15, 0.2) is 11.4 Å². The molecule has 0 aromatic heterocycles. The van der Waals surface area contributed by atoms with E-state index in [-0.39, 0.29) is 22.6 Å². The zero-order valence-electron chi connectivity index (χ0n) is 19.9. The van der Waals surface area contributed by atoms with Crippen molar-refractivity contribution in [3.63, 3.8) is 0 Å². The summed E-state index contributed by atoms with van der Waals surface area (Å²) in [4.78, 5) is 41.0. The zero-order valence-corrected chi connectivity index (χ0v) is 20.7. The van der Waals surface area contributed by atoms with Gasteiger partial charge in [-0.05, 0) is 39.6 Å². The molecule has 1 amide bonds. The van der Waals surface area contributed by atoms with Gasteiger partial charge in [-0.2, -0.15) is 0 Å². The number of nitrogens with zero attached hydrogens (tertiary/aromatic N) is 3. The van der Waals surface area contributed by atoms with Crippen LogP contribution >= 0.6 is 11.6 Å². The predicted octanol–water partition coefficient (Wildman–Crippen LogP) is -0.107. The molecule has 13 nitrogen and oxygen atoms in total. The van der Waals surface area contributed by atoms with Crippen LogP contribution in [0.4, 0.5) is 0 Å². The quantitative estimate of drug-likeness (QED) is 0.152. The van der Waals surface area contributed by atoms with Gasteiger partial charge in [0.05, 0.1) is 17.2 Å². The molecule has 14 heteroatoms. The Morgan fingerprint density at radius 3 is 2.32 bits per heavy atom. The van der Waals surface area contributed by atoms with Gasteiger partial charge in [0.1, 0.15) is 29.6 Å². The second-order valence-corrected chi connectivity index (χ2v) is 9.78. The summed E-state index contributed by atoms with van der Waals surface area (Å²) in [5.41, 5.74) is -6.49. The summed E-state index contributed by atoms with van der Waals surface area (Å²) in [6.45, 7) is 0.454. The van der Waals surface area contributed by atoms with Gasteiger partial charge in [0.2, 0.25) is 5.78 Å². The predicted molar refractivity (Wildman–Crippen MR) is 125 cm³/mol. The number of likely N-dealkylation sites (N-methyl/N-ethyl adjacent to an activating group) is 1. The molecule has 4 rings (SSSR count). The average Bonchev–Trinajstić information content (AvgIpc) is 2.82. The van der Waals surface area contributed by atoms with Crippen molar-refractivity contribution in [1.82, 2.24) is 10.2 Å². The monoisotopic (exact) mass is 536 g/mol. The fourth-order valence-corrected chi connectivity index (χ4v) is 6.07. The lowest BCUT2D eigenvalue weighted by molar-refractivity contribution is -0.159. The molecule has 1 aromatic carbocycles. The van der Waals surface area contributed by atoms with E-state index in [1.165, 1.54) is 32.0 Å². The number of aliphatic hydroxyl groups excluding tert-OH is 3. The number of nitrogens with one attached hydrogen (secondary N) is 1. The Labute approximate surface area is 215 Å². The molecule has 1 saturated carbocycles. The van der Waals surface area contributed by atoms with E-state index in [9.17, 15) is 39.9 Å². The number of Topliss-reactive ketones (excluding diaryl/α,β-unsaturated/α-hetero) is 2. The van der Waals surface area contributed by atoms with Gasteiger partial charge in [0.25, 0.3) is 5.91 Å². The molecule has 3 aliphatic rings. The van der Waals surface area contributed by atoms with Crippen molar-refractivity contribution in [2.24, 2.45) is 11.8 Å². The van der Waals surface area contributed by atoms with Crippen molar-refractivity contribution >= 4 is 34.8 Å². The highest BCUT2D eigenvalue weighted by Gasteiger charge is 2.66. The highest BCUT2D eigenvalue weighted by atomic mass is 35.5. The number of rotatable bonds is 3. The van der Waals surface area contributed by atoms with Crippen LogP contribution in [-0.2, 0) is 20.0 Å². The number of carbonyl (C=O) groups is 3. The second kappa shape index (κ2) is 9.40. The molecule has 1 aromatic rings. The highest BCUT2D eigenvalue weighted by Crippen LogP contribution is 2.58. The largest absolute Gasteiger partial charge is 0.508 e. The number of fused-ring (bicyclic) bond motifs is 3. The Morgan fingerprint density at radius 1 is 1.19 bits per heavy atom. The van der Waals surface area contributed by atoms with Gasteiger partial charge in [-0.3, -0.25) is 19.3 Å². The van der Waals surface area contributed by atoms with E-state index in [0.29, 0.717) is 0 Å². The number of amides is 1. The number of hydrogen-bond acceptors (Lipinski definition) is 12. The van der Waals surface area contributed by atoms with Crippen LogP contribution in [0.1, 0.15) is 24.5 Å². The number of phenolic OH excluding ortho intramolecular Hbond substituents is 1. The van der Waals surface area contributed by atoms with Crippen LogP contribution in [-0.4, -0.2) is 85.5 Å². The molecular formula is C23H25ClN4O9. The van der Waals surface area contributed by atoms with Crippen LogP contribution in [0.3, 0.4) is 0 Å². The minimum atomic E-state index is -2.83. The number of aliphatic hydroxyl groups is 5. The Morgan fingerprint density at radius 2 is 1.78 bits per heavy atom. The summed E-state index contributed by atoms with van der Waals surface area (Å²) in [6.07, 6.45) is -0.284. The van der Waals surface area contributed by atoms with Crippen LogP contribution in [0, 0.1) is 22.6 Å². The topological polar surface area (TPSA) is 235 Å². The lowest BCUT2D eigenvalue weighted by Crippen LogP contribution is -2.67. The van der Waals surface area contributed by atoms with E-state index in [0.717, 1.165) is 6.07 Å². The number of hydrogen-bond donors (Lipinski definition) is 7. The van der Waals surface area contributed by atoms with E-state index in [1.54, 1.807) is 0 Å². The third kappa shape index (κ3) is 3.68. The van der Waals surface area contributed by atoms with E-state index in [1.807, 2.05) is 5.32 Å². The van der Waals surface area contributed by atoms with Crippen molar-refractivity contribution in [1.29, 1.82) is 10.8 Å².